The smallest absolute Gasteiger partial charge is 0.349 e. The summed E-state index contributed by atoms with van der Waals surface area (Å²) in [6, 6.07) is 4.02. The molecule has 0 fully saturated rings. The third-order valence-electron chi connectivity index (χ3n) is 2.46. The van der Waals surface area contributed by atoms with Crippen LogP contribution in [0.2, 0.25) is 0 Å². The lowest BCUT2D eigenvalue weighted by Gasteiger charge is -2.12. The molecule has 0 atom stereocenters. The number of nitrogens with zero attached hydrogens (tertiary/aromatic N) is 1. The molecule has 0 aliphatic heterocycles. The number of rotatable bonds is 3. The van der Waals surface area contributed by atoms with E-state index in [1.807, 2.05) is 0 Å². The number of aryl methyl sites for hydroxylation is 1. The van der Waals surface area contributed by atoms with Crippen molar-refractivity contribution in [2.24, 2.45) is 0 Å². The van der Waals surface area contributed by atoms with Crippen molar-refractivity contribution < 1.29 is 18.0 Å². The molecule has 2 nitrogen and oxygen atoms in total. The second-order valence-electron chi connectivity index (χ2n) is 4.10. The van der Waals surface area contributed by atoms with Crippen LogP contribution in [0.1, 0.15) is 17.5 Å². The van der Waals surface area contributed by atoms with Crippen molar-refractivity contribution in [1.29, 1.82) is 0 Å². The lowest BCUT2D eigenvalue weighted by molar-refractivity contribution is -0.138. The summed E-state index contributed by atoms with van der Waals surface area (Å²) in [5, 5.41) is 0. The summed E-state index contributed by atoms with van der Waals surface area (Å²) in [7, 11) is 3.23. The Morgan fingerprint density at radius 1 is 1.33 bits per heavy atom. The first-order valence-electron chi connectivity index (χ1n) is 5.27. The van der Waals surface area contributed by atoms with Gasteiger partial charge in [-0.15, -0.1) is 0 Å². The lowest BCUT2D eigenvalue weighted by atomic mass is 10.1. The molecule has 0 bridgehead atoms. The maximum Gasteiger partial charge on any atom is 0.417 e. The Bertz CT molecular complexity index is 443. The van der Waals surface area contributed by atoms with Crippen LogP contribution in [0.4, 0.5) is 13.2 Å². The molecule has 0 aromatic heterocycles. The van der Waals surface area contributed by atoms with Crippen LogP contribution in [0, 0.1) is 0 Å². The minimum atomic E-state index is -4.39. The molecule has 0 N–H and O–H groups in total. The van der Waals surface area contributed by atoms with Gasteiger partial charge in [-0.1, -0.05) is 22.0 Å². The van der Waals surface area contributed by atoms with E-state index in [2.05, 4.69) is 15.9 Å². The van der Waals surface area contributed by atoms with Gasteiger partial charge in [0.15, 0.2) is 0 Å². The van der Waals surface area contributed by atoms with Crippen molar-refractivity contribution in [3.05, 3.63) is 33.8 Å². The average molecular weight is 324 g/mol. The summed E-state index contributed by atoms with van der Waals surface area (Å²) in [6.07, 6.45) is -3.89. The molecule has 100 valence electrons. The molecule has 0 radical (unpaired) electrons. The number of amides is 1. The van der Waals surface area contributed by atoms with Crippen LogP contribution in [-0.4, -0.2) is 24.9 Å². The van der Waals surface area contributed by atoms with Gasteiger partial charge in [0.25, 0.3) is 0 Å². The topological polar surface area (TPSA) is 20.3 Å². The largest absolute Gasteiger partial charge is 0.417 e. The minimum absolute atomic E-state index is 0.0117. The fraction of sp³-hybridized carbons (Fsp3) is 0.417. The number of halogens is 4. The van der Waals surface area contributed by atoms with Gasteiger partial charge in [0.05, 0.1) is 5.56 Å². The van der Waals surface area contributed by atoms with Crippen LogP contribution in [0.3, 0.4) is 0 Å². The number of carbonyl (C=O) groups is 1. The molecule has 1 aromatic carbocycles. The molecule has 18 heavy (non-hydrogen) atoms. The molecule has 1 amide bonds. The Labute approximate surface area is 112 Å². The SMILES string of the molecule is CN(C)C(=O)CCc1ccc(Br)c(C(F)(F)F)c1. The van der Waals surface area contributed by atoms with Crippen molar-refractivity contribution in [1.82, 2.24) is 4.90 Å². The van der Waals surface area contributed by atoms with E-state index in [1.165, 1.54) is 11.0 Å². The molecule has 6 heteroatoms. The first-order valence-corrected chi connectivity index (χ1v) is 6.07. The standard InChI is InChI=1S/C12H13BrF3NO/c1-17(2)11(18)6-4-8-3-5-10(13)9(7-8)12(14,15)16/h3,5,7H,4,6H2,1-2H3. The maximum absolute atomic E-state index is 12.7. The highest BCUT2D eigenvalue weighted by Crippen LogP contribution is 2.35. The van der Waals surface area contributed by atoms with Crippen molar-refractivity contribution in [3.8, 4) is 0 Å². The number of benzene rings is 1. The second kappa shape index (κ2) is 5.73. The third-order valence-corrected chi connectivity index (χ3v) is 3.15. The molecule has 0 heterocycles. The second-order valence-corrected chi connectivity index (χ2v) is 4.95. The van der Waals surface area contributed by atoms with Gasteiger partial charge in [0, 0.05) is 25.0 Å². The van der Waals surface area contributed by atoms with Crippen molar-refractivity contribution in [2.75, 3.05) is 14.1 Å². The van der Waals surface area contributed by atoms with Crippen LogP contribution < -0.4 is 0 Å². The molecule has 0 unspecified atom stereocenters. The van der Waals surface area contributed by atoms with E-state index in [1.54, 1.807) is 20.2 Å². The van der Waals surface area contributed by atoms with Crippen LogP contribution in [0.15, 0.2) is 22.7 Å². The zero-order chi connectivity index (χ0) is 13.9. The Hall–Kier alpha value is -1.04. The monoisotopic (exact) mass is 323 g/mol. The Morgan fingerprint density at radius 2 is 1.94 bits per heavy atom. The van der Waals surface area contributed by atoms with E-state index >= 15 is 0 Å². The predicted octanol–water partition coefficient (Wildman–Crippen LogP) is 3.49. The molecule has 0 saturated carbocycles. The number of hydrogen-bond donors (Lipinski definition) is 0. The fourth-order valence-corrected chi connectivity index (χ4v) is 1.89. The van der Waals surface area contributed by atoms with E-state index < -0.39 is 11.7 Å². The van der Waals surface area contributed by atoms with E-state index in [9.17, 15) is 18.0 Å². The summed E-state index contributed by atoms with van der Waals surface area (Å²) in [5.41, 5.74) is -0.210. The van der Waals surface area contributed by atoms with Crippen molar-refractivity contribution >= 4 is 21.8 Å². The van der Waals surface area contributed by atoms with Crippen LogP contribution in [0.5, 0.6) is 0 Å². The Morgan fingerprint density at radius 3 is 2.44 bits per heavy atom. The molecular formula is C12H13BrF3NO. The number of alkyl halides is 3. The Kier molecular flexibility index (Phi) is 4.78. The normalized spacial score (nSPS) is 11.4. The van der Waals surface area contributed by atoms with E-state index in [0.717, 1.165) is 6.07 Å². The number of hydrogen-bond acceptors (Lipinski definition) is 1. The van der Waals surface area contributed by atoms with Crippen LogP contribution in [0.25, 0.3) is 0 Å². The van der Waals surface area contributed by atoms with Gasteiger partial charge in [0.1, 0.15) is 0 Å². The zero-order valence-electron chi connectivity index (χ0n) is 10.0. The maximum atomic E-state index is 12.7. The first-order chi connectivity index (χ1) is 8.21. The molecule has 0 spiro atoms. The van der Waals surface area contributed by atoms with Crippen molar-refractivity contribution in [3.63, 3.8) is 0 Å². The lowest BCUT2D eigenvalue weighted by Crippen LogP contribution is -2.21. The van der Waals surface area contributed by atoms with Gasteiger partial charge in [0.2, 0.25) is 5.91 Å². The molecule has 1 aromatic rings. The fourth-order valence-electron chi connectivity index (χ4n) is 1.42. The van der Waals surface area contributed by atoms with Gasteiger partial charge >= 0.3 is 6.18 Å². The Balaban J connectivity index is 2.83. The summed E-state index contributed by atoms with van der Waals surface area (Å²) in [5.74, 6) is -0.105. The van der Waals surface area contributed by atoms with Crippen LogP contribution in [-0.2, 0) is 17.4 Å². The third kappa shape index (κ3) is 4.01. The summed E-state index contributed by atoms with van der Waals surface area (Å²) in [4.78, 5) is 12.8. The summed E-state index contributed by atoms with van der Waals surface area (Å²) < 4.78 is 38.0. The van der Waals surface area contributed by atoms with Gasteiger partial charge < -0.3 is 4.90 Å². The van der Waals surface area contributed by atoms with Gasteiger partial charge in [-0.05, 0) is 24.1 Å². The quantitative estimate of drug-likeness (QED) is 0.833. The van der Waals surface area contributed by atoms with Gasteiger partial charge in [-0.3, -0.25) is 4.79 Å². The molecule has 0 aliphatic rings. The zero-order valence-corrected chi connectivity index (χ0v) is 11.6. The van der Waals surface area contributed by atoms with E-state index in [-0.39, 0.29) is 16.8 Å². The van der Waals surface area contributed by atoms with Gasteiger partial charge in [-0.25, -0.2) is 0 Å². The van der Waals surface area contributed by atoms with Crippen LogP contribution >= 0.6 is 15.9 Å². The first kappa shape index (κ1) is 15.0. The van der Waals surface area contributed by atoms with Gasteiger partial charge in [-0.2, -0.15) is 13.2 Å². The van der Waals surface area contributed by atoms with E-state index in [4.69, 9.17) is 0 Å². The minimum Gasteiger partial charge on any atom is -0.349 e. The van der Waals surface area contributed by atoms with E-state index in [0.29, 0.717) is 12.0 Å². The van der Waals surface area contributed by atoms with Crippen molar-refractivity contribution in [2.45, 2.75) is 19.0 Å². The predicted molar refractivity (Wildman–Crippen MR) is 66.2 cm³/mol. The highest BCUT2D eigenvalue weighted by atomic mass is 79.9. The summed E-state index contributed by atoms with van der Waals surface area (Å²) in [6.45, 7) is 0. The molecular weight excluding hydrogens is 311 g/mol. The highest BCUT2D eigenvalue weighted by molar-refractivity contribution is 9.10. The molecule has 1 rings (SSSR count). The molecule has 0 saturated heterocycles. The summed E-state index contributed by atoms with van der Waals surface area (Å²) >= 11 is 2.87. The highest BCUT2D eigenvalue weighted by Gasteiger charge is 2.33. The number of carbonyl (C=O) groups excluding carboxylic acids is 1. The molecule has 0 aliphatic carbocycles. The average Bonchev–Trinajstić information content (AvgIpc) is 2.25.